The zero-order chi connectivity index (χ0) is 17.8. The minimum Gasteiger partial charge on any atom is -0.494 e. The van der Waals surface area contributed by atoms with Gasteiger partial charge in [-0.05, 0) is 30.7 Å². The van der Waals surface area contributed by atoms with Crippen LogP contribution in [-0.4, -0.2) is 28.6 Å². The van der Waals surface area contributed by atoms with Gasteiger partial charge < -0.3 is 19.6 Å². The first-order chi connectivity index (χ1) is 12.1. The molecule has 6 nitrogen and oxygen atoms in total. The van der Waals surface area contributed by atoms with E-state index in [1.807, 2.05) is 19.1 Å². The van der Waals surface area contributed by atoms with Gasteiger partial charge in [0.25, 0.3) is 0 Å². The number of hydrogen-bond acceptors (Lipinski definition) is 5. The first-order valence-corrected chi connectivity index (χ1v) is 7.92. The molecule has 3 rings (SSSR count). The molecule has 0 aliphatic carbocycles. The van der Waals surface area contributed by atoms with Gasteiger partial charge in [0.1, 0.15) is 11.6 Å². The summed E-state index contributed by atoms with van der Waals surface area (Å²) in [6.45, 7) is 2.61. The number of rotatable bonds is 7. The molecule has 0 saturated heterocycles. The van der Waals surface area contributed by atoms with Gasteiger partial charge in [-0.15, -0.1) is 0 Å². The van der Waals surface area contributed by atoms with Crippen LogP contribution in [0.5, 0.6) is 5.75 Å². The minimum atomic E-state index is -0.402. The lowest BCUT2D eigenvalue weighted by Gasteiger charge is -2.09. The molecule has 2 N–H and O–H groups in total. The van der Waals surface area contributed by atoms with Crippen molar-refractivity contribution < 1.29 is 18.7 Å². The molecule has 0 amide bonds. The highest BCUT2D eigenvalue weighted by atomic mass is 19.1. The number of nitrogens with one attached hydrogen (secondary N) is 1. The summed E-state index contributed by atoms with van der Waals surface area (Å²) in [6, 6.07) is 8.55. The Kier molecular flexibility index (Phi) is 5.04. The van der Waals surface area contributed by atoms with Gasteiger partial charge >= 0.3 is 0 Å². The molecule has 3 aromatic rings. The number of nitrogens with zero attached hydrogens (tertiary/aromatic N) is 2. The van der Waals surface area contributed by atoms with E-state index in [1.165, 1.54) is 13.2 Å². The first-order valence-electron chi connectivity index (χ1n) is 7.92. The lowest BCUT2D eigenvalue weighted by atomic mass is 10.2. The predicted octanol–water partition coefficient (Wildman–Crippen LogP) is 3.20. The third kappa shape index (κ3) is 3.66. The number of hydrogen-bond donors (Lipinski definition) is 2. The number of aliphatic hydroxyl groups excluding tert-OH is 1. The smallest absolute Gasteiger partial charge is 0.165 e. The number of aliphatic hydroxyl groups is 1. The van der Waals surface area contributed by atoms with Crippen molar-refractivity contribution in [3.8, 4) is 17.0 Å². The molecule has 2 heterocycles. The molecule has 0 saturated carbocycles. The highest BCUT2D eigenvalue weighted by Gasteiger charge is 2.13. The van der Waals surface area contributed by atoms with Gasteiger partial charge in [-0.1, -0.05) is 6.07 Å². The van der Waals surface area contributed by atoms with Crippen molar-refractivity contribution in [3.05, 3.63) is 53.7 Å². The zero-order valence-corrected chi connectivity index (χ0v) is 14.1. The molecule has 0 spiro atoms. The van der Waals surface area contributed by atoms with E-state index in [4.69, 9.17) is 9.15 Å². The van der Waals surface area contributed by atoms with E-state index >= 15 is 0 Å². The zero-order valence-electron chi connectivity index (χ0n) is 14.1. The number of ether oxygens (including phenoxy) is 1. The second-order valence-corrected chi connectivity index (χ2v) is 5.57. The Morgan fingerprint density at radius 3 is 2.80 bits per heavy atom. The summed E-state index contributed by atoms with van der Waals surface area (Å²) in [4.78, 5) is 0. The molecule has 1 aromatic carbocycles. The lowest BCUT2D eigenvalue weighted by molar-refractivity contribution is 0.270. The lowest BCUT2D eigenvalue weighted by Crippen LogP contribution is -2.10. The van der Waals surface area contributed by atoms with E-state index in [0.29, 0.717) is 13.1 Å². The number of furan rings is 1. The predicted molar refractivity (Wildman–Crippen MR) is 92.0 cm³/mol. The van der Waals surface area contributed by atoms with Gasteiger partial charge in [-0.3, -0.25) is 0 Å². The van der Waals surface area contributed by atoms with Gasteiger partial charge in [0.15, 0.2) is 11.6 Å². The van der Waals surface area contributed by atoms with Gasteiger partial charge in [0, 0.05) is 18.2 Å². The number of aryl methyl sites for hydroxylation is 1. The summed E-state index contributed by atoms with van der Waals surface area (Å²) >= 11 is 0. The molecular weight excluding hydrogens is 325 g/mol. The highest BCUT2D eigenvalue weighted by Crippen LogP contribution is 2.26. The topological polar surface area (TPSA) is 72.5 Å². The van der Waals surface area contributed by atoms with E-state index in [2.05, 4.69) is 10.4 Å². The molecule has 0 bridgehead atoms. The fourth-order valence-electron chi connectivity index (χ4n) is 2.62. The van der Waals surface area contributed by atoms with Gasteiger partial charge in [-0.2, -0.15) is 5.10 Å². The van der Waals surface area contributed by atoms with E-state index in [-0.39, 0.29) is 12.4 Å². The van der Waals surface area contributed by atoms with Crippen LogP contribution in [0, 0.1) is 12.7 Å². The normalized spacial score (nSPS) is 10.9. The number of anilines is 1. The standard InChI is InChI=1S/C18H20FN3O3/c1-12-14(5-8-25-12)16-10-18(22(21-16)6-7-23)20-11-13-3-4-17(24-2)15(19)9-13/h3-5,8-10,20,23H,6-7,11H2,1-2H3. The van der Waals surface area contributed by atoms with Crippen LogP contribution in [0.25, 0.3) is 11.3 Å². The SMILES string of the molecule is COc1ccc(CNc2cc(-c3ccoc3C)nn2CCO)cc1F. The average Bonchev–Trinajstić information content (AvgIpc) is 3.19. The van der Waals surface area contributed by atoms with Crippen LogP contribution in [0.3, 0.4) is 0 Å². The Morgan fingerprint density at radius 2 is 2.16 bits per heavy atom. The van der Waals surface area contributed by atoms with Gasteiger partial charge in [0.2, 0.25) is 0 Å². The Balaban J connectivity index is 1.80. The van der Waals surface area contributed by atoms with E-state index < -0.39 is 5.82 Å². The molecular formula is C18H20FN3O3. The van der Waals surface area contributed by atoms with Crippen LogP contribution in [0.4, 0.5) is 10.2 Å². The van der Waals surface area contributed by atoms with Crippen LogP contribution < -0.4 is 10.1 Å². The minimum absolute atomic E-state index is 0.0304. The highest BCUT2D eigenvalue weighted by molar-refractivity contribution is 5.64. The molecule has 0 aliphatic rings. The maximum atomic E-state index is 13.8. The molecule has 132 valence electrons. The summed E-state index contributed by atoms with van der Waals surface area (Å²) in [6.07, 6.45) is 1.61. The van der Waals surface area contributed by atoms with Crippen LogP contribution in [0.2, 0.25) is 0 Å². The monoisotopic (exact) mass is 345 g/mol. The summed E-state index contributed by atoms with van der Waals surface area (Å²) in [5, 5.41) is 17.0. The Bertz CT molecular complexity index is 857. The maximum absolute atomic E-state index is 13.8. The summed E-state index contributed by atoms with van der Waals surface area (Å²) in [7, 11) is 1.43. The molecule has 0 atom stereocenters. The average molecular weight is 345 g/mol. The maximum Gasteiger partial charge on any atom is 0.165 e. The Morgan fingerprint density at radius 1 is 1.32 bits per heavy atom. The third-order valence-corrected chi connectivity index (χ3v) is 3.92. The Hall–Kier alpha value is -2.80. The van der Waals surface area contributed by atoms with Crippen molar-refractivity contribution in [2.24, 2.45) is 0 Å². The van der Waals surface area contributed by atoms with Crippen molar-refractivity contribution >= 4 is 5.82 Å². The number of halogens is 1. The molecule has 0 fully saturated rings. The quantitative estimate of drug-likeness (QED) is 0.688. The van der Waals surface area contributed by atoms with Gasteiger partial charge in [0.05, 0.1) is 32.2 Å². The number of methoxy groups -OCH3 is 1. The second kappa shape index (κ2) is 7.40. The number of aromatic nitrogens is 2. The van der Waals surface area contributed by atoms with E-state index in [1.54, 1.807) is 23.1 Å². The van der Waals surface area contributed by atoms with Crippen LogP contribution in [-0.2, 0) is 13.1 Å². The molecule has 2 aromatic heterocycles. The number of benzene rings is 1. The van der Waals surface area contributed by atoms with Crippen molar-refractivity contribution in [1.29, 1.82) is 0 Å². The summed E-state index contributed by atoms with van der Waals surface area (Å²) < 4.78 is 25.7. The third-order valence-electron chi connectivity index (χ3n) is 3.92. The van der Waals surface area contributed by atoms with Crippen molar-refractivity contribution in [3.63, 3.8) is 0 Å². The van der Waals surface area contributed by atoms with Crippen molar-refractivity contribution in [1.82, 2.24) is 9.78 Å². The molecule has 0 unspecified atom stereocenters. The summed E-state index contributed by atoms with van der Waals surface area (Å²) in [5.41, 5.74) is 2.43. The van der Waals surface area contributed by atoms with Crippen molar-refractivity contribution in [2.45, 2.75) is 20.0 Å². The first kappa shape index (κ1) is 17.0. The van der Waals surface area contributed by atoms with E-state index in [9.17, 15) is 9.50 Å². The Labute approximate surface area is 144 Å². The van der Waals surface area contributed by atoms with Crippen LogP contribution in [0.15, 0.2) is 41.0 Å². The fraction of sp³-hybridized carbons (Fsp3) is 0.278. The van der Waals surface area contributed by atoms with Gasteiger partial charge in [-0.25, -0.2) is 9.07 Å². The van der Waals surface area contributed by atoms with E-state index in [0.717, 1.165) is 28.4 Å². The molecule has 0 radical (unpaired) electrons. The second-order valence-electron chi connectivity index (χ2n) is 5.57. The molecule has 25 heavy (non-hydrogen) atoms. The molecule has 7 heteroatoms. The summed E-state index contributed by atoms with van der Waals surface area (Å²) in [5.74, 6) is 1.32. The largest absolute Gasteiger partial charge is 0.494 e. The van der Waals surface area contributed by atoms with Crippen LogP contribution >= 0.6 is 0 Å². The molecule has 0 aliphatic heterocycles. The fourth-order valence-corrected chi connectivity index (χ4v) is 2.62. The van der Waals surface area contributed by atoms with Crippen LogP contribution in [0.1, 0.15) is 11.3 Å². The van der Waals surface area contributed by atoms with Crippen molar-refractivity contribution in [2.75, 3.05) is 19.0 Å².